The molecule has 0 aromatic heterocycles. The second-order valence-corrected chi connectivity index (χ2v) is 7.13. The average molecular weight is 328 g/mol. The molecule has 0 unspecified atom stereocenters. The van der Waals surface area contributed by atoms with Crippen molar-refractivity contribution in [1.29, 1.82) is 0 Å². The molecule has 0 fully saturated rings. The van der Waals surface area contributed by atoms with Crippen molar-refractivity contribution in [1.82, 2.24) is 0 Å². The largest absolute Gasteiger partial charge is 0.298 e. The average Bonchev–Trinajstić information content (AvgIpc) is 2.46. The maximum Gasteiger partial charge on any atom is 0.298 e. The van der Waals surface area contributed by atoms with E-state index in [1.165, 1.54) is 12.1 Å². The fourth-order valence-corrected chi connectivity index (χ4v) is 4.06. The molecule has 0 aliphatic rings. The SMILES string of the molecule is COS(=O)(=O)c1c(-c2ccccc2)cccc1S(=O)(=O)O. The molecule has 0 heterocycles. The van der Waals surface area contributed by atoms with Crippen molar-refractivity contribution in [3.63, 3.8) is 0 Å². The minimum atomic E-state index is -4.72. The van der Waals surface area contributed by atoms with Crippen molar-refractivity contribution in [2.75, 3.05) is 7.11 Å². The van der Waals surface area contributed by atoms with Crippen LogP contribution in [0.4, 0.5) is 0 Å². The van der Waals surface area contributed by atoms with Gasteiger partial charge in [-0.05, 0) is 11.6 Å². The van der Waals surface area contributed by atoms with E-state index >= 15 is 0 Å². The molecule has 0 saturated carbocycles. The van der Waals surface area contributed by atoms with Gasteiger partial charge in [0.2, 0.25) is 0 Å². The summed E-state index contributed by atoms with van der Waals surface area (Å²) in [5.41, 5.74) is 0.617. The summed E-state index contributed by atoms with van der Waals surface area (Å²) in [6.45, 7) is 0. The number of hydrogen-bond donors (Lipinski definition) is 1. The molecule has 1 N–H and O–H groups in total. The Morgan fingerprint density at radius 1 is 0.905 bits per heavy atom. The summed E-state index contributed by atoms with van der Waals surface area (Å²) in [6, 6.07) is 12.1. The smallest absolute Gasteiger partial charge is 0.282 e. The van der Waals surface area contributed by atoms with E-state index in [0.29, 0.717) is 5.56 Å². The van der Waals surface area contributed by atoms with Crippen molar-refractivity contribution < 1.29 is 25.6 Å². The quantitative estimate of drug-likeness (QED) is 0.680. The fourth-order valence-electron chi connectivity index (χ4n) is 1.91. The van der Waals surface area contributed by atoms with Crippen LogP contribution in [0.5, 0.6) is 0 Å². The number of hydrogen-bond acceptors (Lipinski definition) is 5. The van der Waals surface area contributed by atoms with Gasteiger partial charge in [-0.1, -0.05) is 42.5 Å². The molecule has 2 rings (SSSR count). The first-order valence-electron chi connectivity index (χ1n) is 5.74. The summed E-state index contributed by atoms with van der Waals surface area (Å²) in [6.07, 6.45) is 0. The molecule has 112 valence electrons. The highest BCUT2D eigenvalue weighted by Gasteiger charge is 2.29. The minimum Gasteiger partial charge on any atom is -0.282 e. The van der Waals surface area contributed by atoms with Gasteiger partial charge in [0.1, 0.15) is 9.79 Å². The molecule has 0 amide bonds. The van der Waals surface area contributed by atoms with E-state index < -0.39 is 30.0 Å². The van der Waals surface area contributed by atoms with Crippen LogP contribution in [0.3, 0.4) is 0 Å². The maximum atomic E-state index is 12.1. The molecule has 0 radical (unpaired) electrons. The molecule has 0 aliphatic heterocycles. The summed E-state index contributed by atoms with van der Waals surface area (Å²) < 4.78 is 60.7. The van der Waals surface area contributed by atoms with Gasteiger partial charge in [-0.25, -0.2) is 0 Å². The van der Waals surface area contributed by atoms with Gasteiger partial charge in [-0.2, -0.15) is 16.8 Å². The van der Waals surface area contributed by atoms with Crippen LogP contribution < -0.4 is 0 Å². The molecule has 2 aromatic rings. The Hall–Kier alpha value is -1.74. The zero-order valence-corrected chi connectivity index (χ0v) is 12.6. The van der Waals surface area contributed by atoms with E-state index in [-0.39, 0.29) is 5.56 Å². The van der Waals surface area contributed by atoms with Crippen LogP contribution in [-0.2, 0) is 24.4 Å². The Kier molecular flexibility index (Phi) is 4.15. The Bertz CT molecular complexity index is 855. The van der Waals surface area contributed by atoms with E-state index in [1.54, 1.807) is 30.3 Å². The summed E-state index contributed by atoms with van der Waals surface area (Å²) in [7, 11) is -8.12. The monoisotopic (exact) mass is 328 g/mol. The second kappa shape index (κ2) is 5.57. The maximum absolute atomic E-state index is 12.1. The van der Waals surface area contributed by atoms with Gasteiger partial charge in [0.25, 0.3) is 20.2 Å². The number of rotatable bonds is 4. The summed E-state index contributed by atoms with van der Waals surface area (Å²) in [5, 5.41) is 0. The zero-order chi connectivity index (χ0) is 15.7. The molecule has 8 heteroatoms. The van der Waals surface area contributed by atoms with Gasteiger partial charge >= 0.3 is 0 Å². The van der Waals surface area contributed by atoms with Gasteiger partial charge < -0.3 is 0 Å². The molecule has 21 heavy (non-hydrogen) atoms. The fraction of sp³-hybridized carbons (Fsp3) is 0.0769. The first-order valence-corrected chi connectivity index (χ1v) is 8.59. The highest BCUT2D eigenvalue weighted by molar-refractivity contribution is 7.89. The molecular formula is C13H12O6S2. The summed E-state index contributed by atoms with van der Waals surface area (Å²) in [4.78, 5) is -1.30. The van der Waals surface area contributed by atoms with Gasteiger partial charge in [0.15, 0.2) is 0 Å². The van der Waals surface area contributed by atoms with Crippen molar-refractivity contribution >= 4 is 20.2 Å². The van der Waals surface area contributed by atoms with Crippen LogP contribution in [-0.4, -0.2) is 28.5 Å². The third kappa shape index (κ3) is 3.13. The predicted octanol–water partition coefficient (Wildman–Crippen LogP) is 1.94. The van der Waals surface area contributed by atoms with Crippen LogP contribution in [0.1, 0.15) is 0 Å². The zero-order valence-electron chi connectivity index (χ0n) is 10.9. The normalized spacial score (nSPS) is 12.3. The van der Waals surface area contributed by atoms with Crippen LogP contribution in [0.15, 0.2) is 58.3 Å². The van der Waals surface area contributed by atoms with E-state index in [4.69, 9.17) is 0 Å². The highest BCUT2D eigenvalue weighted by Crippen LogP contribution is 2.33. The second-order valence-electron chi connectivity index (χ2n) is 4.09. The van der Waals surface area contributed by atoms with E-state index in [9.17, 15) is 21.4 Å². The van der Waals surface area contributed by atoms with Gasteiger partial charge in [-0.15, -0.1) is 0 Å². The third-order valence-corrected chi connectivity index (χ3v) is 5.21. The van der Waals surface area contributed by atoms with Crippen molar-refractivity contribution in [3.05, 3.63) is 48.5 Å². The topological polar surface area (TPSA) is 97.7 Å². The lowest BCUT2D eigenvalue weighted by Gasteiger charge is -2.12. The Morgan fingerprint density at radius 2 is 1.52 bits per heavy atom. The third-order valence-electron chi connectivity index (χ3n) is 2.81. The molecule has 2 aromatic carbocycles. The van der Waals surface area contributed by atoms with Crippen molar-refractivity contribution in [3.8, 4) is 11.1 Å². The Labute approximate surface area is 122 Å². The van der Waals surface area contributed by atoms with Crippen LogP contribution >= 0.6 is 0 Å². The molecule has 0 saturated heterocycles. The van der Waals surface area contributed by atoms with Gasteiger partial charge in [0.05, 0.1) is 7.11 Å². The molecular weight excluding hydrogens is 316 g/mol. The van der Waals surface area contributed by atoms with E-state index in [2.05, 4.69) is 4.18 Å². The summed E-state index contributed by atoms with van der Waals surface area (Å²) in [5.74, 6) is 0. The Balaban J connectivity index is 2.92. The van der Waals surface area contributed by atoms with E-state index in [1.807, 2.05) is 0 Å². The lowest BCUT2D eigenvalue weighted by atomic mass is 10.1. The molecule has 0 bridgehead atoms. The minimum absolute atomic E-state index is 0.132. The summed E-state index contributed by atoms with van der Waals surface area (Å²) >= 11 is 0. The molecule has 0 aliphatic carbocycles. The van der Waals surface area contributed by atoms with Crippen LogP contribution in [0, 0.1) is 0 Å². The van der Waals surface area contributed by atoms with Gasteiger partial charge in [-0.3, -0.25) is 8.74 Å². The van der Waals surface area contributed by atoms with E-state index in [0.717, 1.165) is 13.2 Å². The number of benzene rings is 2. The van der Waals surface area contributed by atoms with Crippen molar-refractivity contribution in [2.45, 2.75) is 9.79 Å². The first kappa shape index (κ1) is 15.6. The Morgan fingerprint density at radius 3 is 2.05 bits per heavy atom. The highest BCUT2D eigenvalue weighted by atomic mass is 32.2. The van der Waals surface area contributed by atoms with Crippen LogP contribution in [0.2, 0.25) is 0 Å². The van der Waals surface area contributed by atoms with Crippen molar-refractivity contribution in [2.24, 2.45) is 0 Å². The first-order chi connectivity index (χ1) is 9.77. The molecule has 0 atom stereocenters. The molecule has 0 spiro atoms. The van der Waals surface area contributed by atoms with Gasteiger partial charge in [0, 0.05) is 5.56 Å². The predicted molar refractivity (Wildman–Crippen MR) is 75.9 cm³/mol. The molecule has 6 nitrogen and oxygen atoms in total. The van der Waals surface area contributed by atoms with Crippen LogP contribution in [0.25, 0.3) is 11.1 Å². The standard InChI is InChI=1S/C13H12O6S2/c1-19-21(17,18)13-11(10-6-3-2-4-7-10)8-5-9-12(13)20(14,15)16/h2-9H,1H3,(H,14,15,16). The lowest BCUT2D eigenvalue weighted by molar-refractivity contribution is 0.395. The lowest BCUT2D eigenvalue weighted by Crippen LogP contribution is -2.12.